The van der Waals surface area contributed by atoms with E-state index in [2.05, 4.69) is 56.8 Å². The van der Waals surface area contributed by atoms with Crippen LogP contribution in [0.3, 0.4) is 0 Å². The molecule has 4 nitrogen and oxygen atoms in total. The summed E-state index contributed by atoms with van der Waals surface area (Å²) >= 11 is 3.82. The van der Waals surface area contributed by atoms with Gasteiger partial charge in [0, 0.05) is 27.7 Å². The first kappa shape index (κ1) is 20.4. The molecule has 0 spiro atoms. The smallest absolute Gasteiger partial charge is 0.308 e. The van der Waals surface area contributed by atoms with Crippen LogP contribution < -0.4 is 4.74 Å². The monoisotopic (exact) mass is 524 g/mol. The molecule has 0 amide bonds. The number of rotatable bonds is 5. The molecule has 4 rings (SSSR count). The summed E-state index contributed by atoms with van der Waals surface area (Å²) in [6, 6.07) is 23.9. The summed E-state index contributed by atoms with van der Waals surface area (Å²) in [5.41, 5.74) is 5.17. The third kappa shape index (κ3) is 5.20. The van der Waals surface area contributed by atoms with Gasteiger partial charge in [-0.2, -0.15) is 0 Å². The minimum absolute atomic E-state index is 0.322. The number of hydrogen-bond acceptors (Lipinski definition) is 5. The predicted octanol–water partition coefficient (Wildman–Crippen LogP) is 6.76. The van der Waals surface area contributed by atoms with E-state index in [1.54, 1.807) is 12.1 Å². The van der Waals surface area contributed by atoms with Crippen LogP contribution in [0.5, 0.6) is 5.75 Å². The number of benzene rings is 3. The molecule has 1 heterocycles. The number of carbonyl (C=O) groups excluding carboxylic acids is 1. The van der Waals surface area contributed by atoms with E-state index < -0.39 is 0 Å². The molecule has 0 radical (unpaired) electrons. The molecule has 148 valence electrons. The lowest BCUT2D eigenvalue weighted by molar-refractivity contribution is -0.131. The van der Waals surface area contributed by atoms with Crippen LogP contribution in [0.25, 0.3) is 22.4 Å². The van der Waals surface area contributed by atoms with Gasteiger partial charge < -0.3 is 4.74 Å². The van der Waals surface area contributed by atoms with E-state index in [1.807, 2.05) is 48.0 Å². The lowest BCUT2D eigenvalue weighted by Crippen LogP contribution is -2.00. The number of aliphatic imine (C=N–C) groups is 1. The van der Waals surface area contributed by atoms with Gasteiger partial charge in [0.25, 0.3) is 0 Å². The number of carbonyl (C=O) groups is 1. The van der Waals surface area contributed by atoms with E-state index in [1.165, 1.54) is 21.8 Å². The second kappa shape index (κ2) is 9.32. The van der Waals surface area contributed by atoms with Gasteiger partial charge in [0.05, 0.1) is 5.69 Å². The minimum Gasteiger partial charge on any atom is -0.427 e. The number of thiazole rings is 1. The van der Waals surface area contributed by atoms with Crippen molar-refractivity contribution < 1.29 is 9.53 Å². The lowest BCUT2D eigenvalue weighted by Gasteiger charge is -2.04. The summed E-state index contributed by atoms with van der Waals surface area (Å²) in [6.07, 6.45) is 1.82. The number of esters is 1. The first-order valence-corrected chi connectivity index (χ1v) is 11.2. The van der Waals surface area contributed by atoms with Crippen LogP contribution in [-0.2, 0) is 4.79 Å². The highest BCUT2D eigenvalue weighted by Gasteiger charge is 2.04. The molecule has 0 aliphatic carbocycles. The van der Waals surface area contributed by atoms with E-state index >= 15 is 0 Å². The molecule has 0 saturated carbocycles. The Kier molecular flexibility index (Phi) is 6.35. The molecule has 0 bridgehead atoms. The van der Waals surface area contributed by atoms with Crippen LogP contribution in [0.15, 0.2) is 83.2 Å². The molecular formula is C24H17IN2O2S. The molecule has 0 N–H and O–H groups in total. The average molecular weight is 524 g/mol. The second-order valence-corrected chi connectivity index (χ2v) is 8.60. The van der Waals surface area contributed by atoms with Crippen molar-refractivity contribution in [3.05, 3.63) is 87.3 Å². The van der Waals surface area contributed by atoms with Crippen molar-refractivity contribution in [3.8, 4) is 28.1 Å². The number of hydrogen-bond donors (Lipinski definition) is 0. The van der Waals surface area contributed by atoms with Gasteiger partial charge in [-0.3, -0.25) is 4.79 Å². The molecular weight excluding hydrogens is 507 g/mol. The zero-order valence-corrected chi connectivity index (χ0v) is 19.1. The molecule has 4 aromatic rings. The van der Waals surface area contributed by atoms with Crippen molar-refractivity contribution in [2.24, 2.45) is 4.99 Å². The fourth-order valence-electron chi connectivity index (χ4n) is 2.85. The zero-order valence-electron chi connectivity index (χ0n) is 16.1. The van der Waals surface area contributed by atoms with E-state index in [0.29, 0.717) is 5.75 Å². The number of halogens is 1. The lowest BCUT2D eigenvalue weighted by atomic mass is 10.0. The quantitative estimate of drug-likeness (QED) is 0.126. The average Bonchev–Trinajstić information content (AvgIpc) is 3.22. The number of aromatic nitrogens is 1. The second-order valence-electron chi connectivity index (χ2n) is 6.52. The topological polar surface area (TPSA) is 51.5 Å². The standard InChI is InChI=1S/C24H17IN2O2S/c1-16(28)29-22-12-8-19(9-13-22)18-4-2-17(3-5-18)14-26-24-27-23(15-30-24)20-6-10-21(25)11-7-20/h2-15H,1H3/b26-14+. The van der Waals surface area contributed by atoms with E-state index in [4.69, 9.17) is 4.74 Å². The van der Waals surface area contributed by atoms with Gasteiger partial charge in [-0.1, -0.05) is 48.5 Å². The van der Waals surface area contributed by atoms with Crippen LogP contribution in [-0.4, -0.2) is 17.2 Å². The molecule has 0 aliphatic heterocycles. The van der Waals surface area contributed by atoms with Crippen molar-refractivity contribution >= 4 is 51.2 Å². The third-order valence-corrected chi connectivity index (χ3v) is 5.78. The summed E-state index contributed by atoms with van der Waals surface area (Å²) in [5, 5.41) is 2.76. The van der Waals surface area contributed by atoms with Crippen molar-refractivity contribution in [1.29, 1.82) is 0 Å². The largest absolute Gasteiger partial charge is 0.427 e. The van der Waals surface area contributed by atoms with Crippen LogP contribution in [0.1, 0.15) is 12.5 Å². The maximum absolute atomic E-state index is 11.0. The SMILES string of the molecule is CC(=O)Oc1ccc(-c2ccc(/C=N/c3nc(-c4ccc(I)cc4)cs3)cc2)cc1. The van der Waals surface area contributed by atoms with Crippen molar-refractivity contribution in [2.75, 3.05) is 0 Å². The zero-order chi connectivity index (χ0) is 20.9. The Morgan fingerprint density at radius 3 is 2.17 bits per heavy atom. The molecule has 0 saturated heterocycles. The Morgan fingerprint density at radius 2 is 1.53 bits per heavy atom. The van der Waals surface area contributed by atoms with E-state index in [0.717, 1.165) is 33.1 Å². The molecule has 0 aliphatic rings. The fraction of sp³-hybridized carbons (Fsp3) is 0.0417. The van der Waals surface area contributed by atoms with E-state index in [9.17, 15) is 4.79 Å². The van der Waals surface area contributed by atoms with Gasteiger partial charge in [0.15, 0.2) is 0 Å². The molecule has 30 heavy (non-hydrogen) atoms. The van der Waals surface area contributed by atoms with Crippen molar-refractivity contribution in [2.45, 2.75) is 6.92 Å². The predicted molar refractivity (Wildman–Crippen MR) is 131 cm³/mol. The molecule has 1 aromatic heterocycles. The third-order valence-electron chi connectivity index (χ3n) is 4.32. The van der Waals surface area contributed by atoms with Gasteiger partial charge in [-0.15, -0.1) is 11.3 Å². The Hall–Kier alpha value is -2.84. The van der Waals surface area contributed by atoms with Crippen LogP contribution in [0.4, 0.5) is 5.13 Å². The van der Waals surface area contributed by atoms with Gasteiger partial charge in [-0.25, -0.2) is 9.98 Å². The molecule has 0 unspecified atom stereocenters. The molecule has 6 heteroatoms. The number of nitrogens with zero attached hydrogens (tertiary/aromatic N) is 2. The summed E-state index contributed by atoms with van der Waals surface area (Å²) in [7, 11) is 0. The molecule has 3 aromatic carbocycles. The van der Waals surface area contributed by atoms with Gasteiger partial charge in [0.2, 0.25) is 5.13 Å². The highest BCUT2D eigenvalue weighted by Crippen LogP contribution is 2.27. The van der Waals surface area contributed by atoms with Gasteiger partial charge in [-0.05, 0) is 63.5 Å². The van der Waals surface area contributed by atoms with Gasteiger partial charge >= 0.3 is 5.97 Å². The molecule has 0 atom stereocenters. The summed E-state index contributed by atoms with van der Waals surface area (Å²) in [4.78, 5) is 20.1. The van der Waals surface area contributed by atoms with E-state index in [-0.39, 0.29) is 5.97 Å². The van der Waals surface area contributed by atoms with Crippen LogP contribution >= 0.6 is 33.9 Å². The first-order valence-electron chi connectivity index (χ1n) is 9.21. The minimum atomic E-state index is -0.322. The van der Waals surface area contributed by atoms with Crippen LogP contribution in [0, 0.1) is 3.57 Å². The summed E-state index contributed by atoms with van der Waals surface area (Å²) < 4.78 is 6.27. The summed E-state index contributed by atoms with van der Waals surface area (Å²) in [6.45, 7) is 1.39. The number of ether oxygens (including phenoxy) is 1. The van der Waals surface area contributed by atoms with Crippen molar-refractivity contribution in [1.82, 2.24) is 4.98 Å². The van der Waals surface area contributed by atoms with Crippen LogP contribution in [0.2, 0.25) is 0 Å². The maximum atomic E-state index is 11.0. The Balaban J connectivity index is 1.44. The first-order chi connectivity index (χ1) is 14.6. The highest BCUT2D eigenvalue weighted by molar-refractivity contribution is 14.1. The Morgan fingerprint density at radius 1 is 0.933 bits per heavy atom. The maximum Gasteiger partial charge on any atom is 0.308 e. The Bertz CT molecular complexity index is 1180. The molecule has 0 fully saturated rings. The Labute approximate surface area is 192 Å². The normalized spacial score (nSPS) is 11.0. The summed E-state index contributed by atoms with van der Waals surface area (Å²) in [5.74, 6) is 0.223. The van der Waals surface area contributed by atoms with Gasteiger partial charge in [0.1, 0.15) is 5.75 Å². The fourth-order valence-corrected chi connectivity index (χ4v) is 3.88. The van der Waals surface area contributed by atoms with Crippen molar-refractivity contribution in [3.63, 3.8) is 0 Å². The highest BCUT2D eigenvalue weighted by atomic mass is 127.